The van der Waals surface area contributed by atoms with Gasteiger partial charge in [0.15, 0.2) is 0 Å². The number of alkyl halides is 1. The fraction of sp³-hybridized carbons (Fsp3) is 0.533. The fourth-order valence-corrected chi connectivity index (χ4v) is 3.52. The van der Waals surface area contributed by atoms with Crippen molar-refractivity contribution in [3.05, 3.63) is 37.9 Å². The molecule has 1 amide bonds. The van der Waals surface area contributed by atoms with E-state index in [0.29, 0.717) is 6.07 Å². The average Bonchev–Trinajstić information content (AvgIpc) is 2.68. The number of nitro benzene ring substituents is 2. The van der Waals surface area contributed by atoms with E-state index in [1.165, 1.54) is 4.90 Å². The van der Waals surface area contributed by atoms with Gasteiger partial charge in [-0.1, -0.05) is 15.9 Å². The number of nitrogens with zero attached hydrogens (tertiary/aromatic N) is 3. The molecule has 0 heterocycles. The van der Waals surface area contributed by atoms with Gasteiger partial charge >= 0.3 is 0 Å². The van der Waals surface area contributed by atoms with E-state index in [-0.39, 0.29) is 30.5 Å². The number of benzene rings is 1. The van der Waals surface area contributed by atoms with Gasteiger partial charge in [-0.25, -0.2) is 0 Å². The van der Waals surface area contributed by atoms with Gasteiger partial charge in [-0.15, -0.1) is 0 Å². The Morgan fingerprint density at radius 3 is 2.35 bits per heavy atom. The molecule has 0 saturated carbocycles. The van der Waals surface area contributed by atoms with Crippen LogP contribution in [0.15, 0.2) is 12.1 Å². The van der Waals surface area contributed by atoms with Gasteiger partial charge in [-0.05, 0) is 6.42 Å². The molecule has 4 N–H and O–H groups in total. The van der Waals surface area contributed by atoms with Crippen LogP contribution in [-0.4, -0.2) is 82.4 Å². The highest BCUT2D eigenvalue weighted by molar-refractivity contribution is 9.09. The number of nitrogens with one attached hydrogen (secondary N) is 1. The lowest BCUT2D eigenvalue weighted by Gasteiger charge is -2.25. The highest BCUT2D eigenvalue weighted by Gasteiger charge is 2.31. The van der Waals surface area contributed by atoms with Gasteiger partial charge in [0, 0.05) is 31.0 Å². The van der Waals surface area contributed by atoms with Crippen LogP contribution in [-0.2, 0) is 10.1 Å². The summed E-state index contributed by atoms with van der Waals surface area (Å²) in [4.78, 5) is 35.0. The van der Waals surface area contributed by atoms with Crippen LogP contribution in [0.25, 0.3) is 0 Å². The van der Waals surface area contributed by atoms with Gasteiger partial charge < -0.3 is 20.4 Å². The summed E-state index contributed by atoms with van der Waals surface area (Å²) in [6, 6.07) is 1.51. The molecule has 174 valence electrons. The lowest BCUT2D eigenvalue weighted by molar-refractivity contribution is -0.393. The highest BCUT2D eigenvalue weighted by Crippen LogP contribution is 2.36. The van der Waals surface area contributed by atoms with Crippen molar-refractivity contribution >= 4 is 49.0 Å². The van der Waals surface area contributed by atoms with Crippen molar-refractivity contribution in [2.75, 3.05) is 42.2 Å². The summed E-state index contributed by atoms with van der Waals surface area (Å²) in [5.41, 5.74) is -2.21. The minimum Gasteiger partial charge on any atom is -0.394 e. The maximum absolute atomic E-state index is 12.7. The average molecular weight is 529 g/mol. The van der Waals surface area contributed by atoms with E-state index in [1.807, 2.05) is 0 Å². The van der Waals surface area contributed by atoms with Gasteiger partial charge in [-0.2, -0.15) is 8.42 Å². The third kappa shape index (κ3) is 8.33. The van der Waals surface area contributed by atoms with Gasteiger partial charge in [0.2, 0.25) is 0 Å². The molecule has 0 spiro atoms. The third-order valence-electron chi connectivity index (χ3n) is 3.94. The van der Waals surface area contributed by atoms with Crippen molar-refractivity contribution in [3.8, 4) is 0 Å². The number of carbonyl (C=O) groups is 1. The number of hydrogen-bond acceptors (Lipinski definition) is 10. The second-order valence-electron chi connectivity index (χ2n) is 6.24. The maximum Gasteiger partial charge on any atom is 0.300 e. The predicted molar refractivity (Wildman–Crippen MR) is 112 cm³/mol. The molecule has 0 fully saturated rings. The van der Waals surface area contributed by atoms with E-state index in [1.54, 1.807) is 0 Å². The monoisotopic (exact) mass is 528 g/mol. The van der Waals surface area contributed by atoms with Crippen molar-refractivity contribution in [3.63, 3.8) is 0 Å². The van der Waals surface area contributed by atoms with E-state index in [2.05, 4.69) is 21.2 Å². The Morgan fingerprint density at radius 1 is 1.23 bits per heavy atom. The zero-order chi connectivity index (χ0) is 23.8. The summed E-state index contributed by atoms with van der Waals surface area (Å²) in [6.07, 6.45) is -1.47. The third-order valence-corrected chi connectivity index (χ3v) is 5.10. The number of rotatable bonds is 13. The molecule has 16 heteroatoms. The van der Waals surface area contributed by atoms with Crippen molar-refractivity contribution in [1.29, 1.82) is 0 Å². The topological polar surface area (TPSA) is 213 Å². The molecule has 31 heavy (non-hydrogen) atoms. The summed E-state index contributed by atoms with van der Waals surface area (Å²) >= 11 is 3.15. The van der Waals surface area contributed by atoms with Gasteiger partial charge in [0.05, 0.1) is 39.9 Å². The second kappa shape index (κ2) is 11.8. The molecular formula is C15H21BrN4O10S. The van der Waals surface area contributed by atoms with Crippen LogP contribution in [0.3, 0.4) is 0 Å². The molecular weight excluding hydrogens is 508 g/mol. The van der Waals surface area contributed by atoms with E-state index in [9.17, 15) is 38.5 Å². The number of nitro groups is 2. The Morgan fingerprint density at radius 2 is 1.87 bits per heavy atom. The molecule has 0 aliphatic carbocycles. The zero-order valence-electron chi connectivity index (χ0n) is 16.0. The first-order chi connectivity index (χ1) is 14.4. The van der Waals surface area contributed by atoms with Crippen LogP contribution >= 0.6 is 15.9 Å². The smallest absolute Gasteiger partial charge is 0.300 e. The molecule has 1 aromatic rings. The largest absolute Gasteiger partial charge is 0.394 e. The van der Waals surface area contributed by atoms with E-state index in [4.69, 9.17) is 9.66 Å². The van der Waals surface area contributed by atoms with E-state index < -0.39 is 67.8 Å². The van der Waals surface area contributed by atoms with Crippen molar-refractivity contribution in [2.45, 2.75) is 12.5 Å². The molecule has 14 nitrogen and oxygen atoms in total. The summed E-state index contributed by atoms with van der Waals surface area (Å²) in [5, 5.41) is 43.6. The lowest BCUT2D eigenvalue weighted by Crippen LogP contribution is -2.36. The molecule has 0 aromatic heterocycles. The van der Waals surface area contributed by atoms with Crippen LogP contribution in [0.4, 0.5) is 17.1 Å². The summed E-state index contributed by atoms with van der Waals surface area (Å²) in [7, 11) is -4.30. The number of anilines is 1. The van der Waals surface area contributed by atoms with Crippen LogP contribution in [0.1, 0.15) is 16.8 Å². The number of aliphatic hydroxyl groups excluding tert-OH is 2. The normalized spacial score (nSPS) is 12.3. The van der Waals surface area contributed by atoms with Crippen LogP contribution in [0, 0.1) is 20.2 Å². The molecule has 1 unspecified atom stereocenters. The van der Waals surface area contributed by atoms with Crippen LogP contribution in [0.5, 0.6) is 0 Å². The Labute approximate surface area is 185 Å². The van der Waals surface area contributed by atoms with Crippen molar-refractivity contribution in [1.82, 2.24) is 5.32 Å². The molecule has 0 aliphatic heterocycles. The first-order valence-corrected chi connectivity index (χ1v) is 11.4. The number of halogens is 1. The molecule has 0 bridgehead atoms. The fourth-order valence-electron chi connectivity index (χ4n) is 2.60. The van der Waals surface area contributed by atoms with Crippen LogP contribution < -0.4 is 10.2 Å². The number of carbonyl (C=O) groups excluding carboxylic acids is 1. The Kier molecular flexibility index (Phi) is 10.2. The SMILES string of the molecule is O=C(NCC(O)CO)c1cc([N+](=O)[O-])cc([N+](=O)[O-])c1N(CCBr)CCCS(=O)(=O)O. The second-order valence-corrected chi connectivity index (χ2v) is 8.60. The zero-order valence-corrected chi connectivity index (χ0v) is 18.4. The van der Waals surface area contributed by atoms with E-state index >= 15 is 0 Å². The summed E-state index contributed by atoms with van der Waals surface area (Å²) < 4.78 is 30.9. The highest BCUT2D eigenvalue weighted by atomic mass is 79.9. The molecule has 0 radical (unpaired) electrons. The molecule has 0 aliphatic rings. The first kappa shape index (κ1) is 26.6. The summed E-state index contributed by atoms with van der Waals surface area (Å²) in [6.45, 7) is -1.17. The van der Waals surface area contributed by atoms with Gasteiger partial charge in [0.25, 0.3) is 27.4 Å². The molecule has 1 atom stereocenters. The predicted octanol–water partition coefficient (Wildman–Crippen LogP) is 0.0652. The van der Waals surface area contributed by atoms with Gasteiger partial charge in [0.1, 0.15) is 5.69 Å². The Bertz CT molecular complexity index is 927. The number of non-ortho nitro benzene ring substituents is 1. The Balaban J connectivity index is 3.53. The Hall–Kier alpha value is -2.40. The maximum atomic E-state index is 12.7. The van der Waals surface area contributed by atoms with Crippen molar-refractivity contribution < 1.29 is 37.8 Å². The minimum absolute atomic E-state index is 0.0592. The lowest BCUT2D eigenvalue weighted by atomic mass is 10.1. The van der Waals surface area contributed by atoms with E-state index in [0.717, 1.165) is 6.07 Å². The number of aliphatic hydroxyl groups is 2. The van der Waals surface area contributed by atoms with Crippen molar-refractivity contribution in [2.24, 2.45) is 0 Å². The quantitative estimate of drug-likeness (QED) is 0.116. The van der Waals surface area contributed by atoms with Crippen LogP contribution in [0.2, 0.25) is 0 Å². The molecule has 0 saturated heterocycles. The number of hydrogen-bond donors (Lipinski definition) is 4. The van der Waals surface area contributed by atoms with Gasteiger partial charge in [-0.3, -0.25) is 29.6 Å². The standard InChI is InChI=1S/C15H21BrN4O10S/c16-2-4-18(3-1-5-31(28,29)30)14-12(15(23)17-8-11(22)9-21)6-10(19(24)25)7-13(14)20(26)27/h6-7,11,21-22H,1-5,8-9H2,(H,17,23)(H,28,29,30). The molecule has 1 rings (SSSR count). The minimum atomic E-state index is -4.30. The number of amides is 1. The molecule has 1 aromatic carbocycles. The summed E-state index contributed by atoms with van der Waals surface area (Å²) in [5.74, 6) is -1.62. The first-order valence-electron chi connectivity index (χ1n) is 8.71.